The highest BCUT2D eigenvalue weighted by Crippen LogP contribution is 2.16. The summed E-state index contributed by atoms with van der Waals surface area (Å²) in [7, 11) is 1.62. The molecule has 0 saturated heterocycles. The van der Waals surface area contributed by atoms with Crippen LogP contribution in [0, 0.1) is 11.8 Å². The molecular formula is C13H17NO2. The Kier molecular flexibility index (Phi) is 5.41. The number of ether oxygens (including phenoxy) is 1. The summed E-state index contributed by atoms with van der Waals surface area (Å²) in [6.45, 7) is 2.90. The molecule has 86 valence electrons. The average Bonchev–Trinajstić information content (AvgIpc) is 2.34. The van der Waals surface area contributed by atoms with Gasteiger partial charge in [0.1, 0.15) is 5.75 Å². The van der Waals surface area contributed by atoms with Crippen molar-refractivity contribution in [1.82, 2.24) is 5.32 Å². The molecule has 0 saturated carbocycles. The van der Waals surface area contributed by atoms with Crippen molar-refractivity contribution in [2.45, 2.75) is 13.0 Å². The summed E-state index contributed by atoms with van der Waals surface area (Å²) in [5.41, 5.74) is 0.873. The van der Waals surface area contributed by atoms with Crippen molar-refractivity contribution in [2.75, 3.05) is 20.2 Å². The maximum atomic E-state index is 9.83. The van der Waals surface area contributed by atoms with Crippen LogP contribution in [0.3, 0.4) is 0 Å². The van der Waals surface area contributed by atoms with E-state index in [1.165, 1.54) is 0 Å². The molecule has 0 aliphatic carbocycles. The molecule has 0 amide bonds. The van der Waals surface area contributed by atoms with Gasteiger partial charge in [0.2, 0.25) is 0 Å². The van der Waals surface area contributed by atoms with Gasteiger partial charge in [-0.05, 0) is 24.6 Å². The largest absolute Gasteiger partial charge is 0.497 e. The van der Waals surface area contributed by atoms with E-state index in [-0.39, 0.29) is 0 Å². The fourth-order valence-electron chi connectivity index (χ4n) is 1.30. The molecule has 0 heterocycles. The fourth-order valence-corrected chi connectivity index (χ4v) is 1.30. The predicted molar refractivity (Wildman–Crippen MR) is 64.3 cm³/mol. The van der Waals surface area contributed by atoms with Crippen molar-refractivity contribution in [1.29, 1.82) is 0 Å². The van der Waals surface area contributed by atoms with Crippen LogP contribution in [-0.2, 0) is 0 Å². The summed E-state index contributed by atoms with van der Waals surface area (Å²) in [5.74, 6) is 6.46. The molecule has 0 aromatic heterocycles. The molecule has 1 rings (SSSR count). The average molecular weight is 219 g/mol. The normalized spacial score (nSPS) is 11.4. The smallest absolute Gasteiger partial charge is 0.118 e. The van der Waals surface area contributed by atoms with Crippen LogP contribution in [0.4, 0.5) is 0 Å². The summed E-state index contributed by atoms with van der Waals surface area (Å²) in [6, 6.07) is 7.39. The lowest BCUT2D eigenvalue weighted by Crippen LogP contribution is -2.21. The molecule has 0 bridgehead atoms. The van der Waals surface area contributed by atoms with Crippen molar-refractivity contribution < 1.29 is 9.84 Å². The molecule has 2 N–H and O–H groups in total. The number of hydrogen-bond acceptors (Lipinski definition) is 3. The first-order valence-electron chi connectivity index (χ1n) is 5.20. The Balaban J connectivity index is 2.44. The minimum atomic E-state index is -0.510. The summed E-state index contributed by atoms with van der Waals surface area (Å²) in [4.78, 5) is 0. The zero-order valence-corrected chi connectivity index (χ0v) is 9.66. The van der Waals surface area contributed by atoms with E-state index in [0.717, 1.165) is 11.3 Å². The maximum Gasteiger partial charge on any atom is 0.118 e. The monoisotopic (exact) mass is 219 g/mol. The van der Waals surface area contributed by atoms with E-state index in [0.29, 0.717) is 13.1 Å². The Morgan fingerprint density at radius 1 is 1.38 bits per heavy atom. The molecule has 3 heteroatoms. The topological polar surface area (TPSA) is 41.5 Å². The standard InChI is InChI=1S/C13H17NO2/c1-3-4-9-14-10-13(15)11-5-7-12(16-2)8-6-11/h5-8,13-15H,9-10H2,1-2H3. The number of nitrogens with one attached hydrogen (secondary N) is 1. The van der Waals surface area contributed by atoms with Gasteiger partial charge >= 0.3 is 0 Å². The number of aliphatic hydroxyl groups is 1. The van der Waals surface area contributed by atoms with Gasteiger partial charge in [0.15, 0.2) is 0 Å². The van der Waals surface area contributed by atoms with Crippen LogP contribution in [0.5, 0.6) is 5.75 Å². The van der Waals surface area contributed by atoms with E-state index in [1.54, 1.807) is 14.0 Å². The van der Waals surface area contributed by atoms with Gasteiger partial charge in [-0.2, -0.15) is 0 Å². The molecule has 3 nitrogen and oxygen atoms in total. The van der Waals surface area contributed by atoms with Crippen LogP contribution in [0.15, 0.2) is 24.3 Å². The van der Waals surface area contributed by atoms with E-state index < -0.39 is 6.10 Å². The second-order valence-corrected chi connectivity index (χ2v) is 3.35. The Hall–Kier alpha value is -1.50. The Bertz CT molecular complexity index is 362. The predicted octanol–water partition coefficient (Wildman–Crippen LogP) is 1.34. The number of benzene rings is 1. The SMILES string of the molecule is CC#CCNCC(O)c1ccc(OC)cc1. The number of methoxy groups -OCH3 is 1. The van der Waals surface area contributed by atoms with Crippen LogP contribution in [0.25, 0.3) is 0 Å². The minimum absolute atomic E-state index is 0.501. The second-order valence-electron chi connectivity index (χ2n) is 3.35. The first kappa shape index (κ1) is 12.6. The summed E-state index contributed by atoms with van der Waals surface area (Å²) >= 11 is 0. The van der Waals surface area contributed by atoms with Gasteiger partial charge in [0, 0.05) is 6.54 Å². The third kappa shape index (κ3) is 3.93. The van der Waals surface area contributed by atoms with Gasteiger partial charge in [0.25, 0.3) is 0 Å². The lowest BCUT2D eigenvalue weighted by atomic mass is 10.1. The molecule has 0 aliphatic rings. The summed E-state index contributed by atoms with van der Waals surface area (Å²) in [5, 5.41) is 12.9. The van der Waals surface area contributed by atoms with Crippen molar-refractivity contribution in [3.05, 3.63) is 29.8 Å². The van der Waals surface area contributed by atoms with E-state index in [2.05, 4.69) is 17.2 Å². The molecule has 16 heavy (non-hydrogen) atoms. The minimum Gasteiger partial charge on any atom is -0.497 e. The van der Waals surface area contributed by atoms with Crippen molar-refractivity contribution in [3.63, 3.8) is 0 Å². The zero-order chi connectivity index (χ0) is 11.8. The highest BCUT2D eigenvalue weighted by atomic mass is 16.5. The van der Waals surface area contributed by atoms with Crippen LogP contribution in [0.2, 0.25) is 0 Å². The van der Waals surface area contributed by atoms with Gasteiger partial charge in [-0.25, -0.2) is 0 Å². The van der Waals surface area contributed by atoms with Crippen molar-refractivity contribution in [2.24, 2.45) is 0 Å². The van der Waals surface area contributed by atoms with Crippen LogP contribution in [0.1, 0.15) is 18.6 Å². The Morgan fingerprint density at radius 3 is 2.62 bits per heavy atom. The van der Waals surface area contributed by atoms with Crippen molar-refractivity contribution >= 4 is 0 Å². The highest BCUT2D eigenvalue weighted by molar-refractivity contribution is 5.28. The van der Waals surface area contributed by atoms with Gasteiger partial charge in [0.05, 0.1) is 19.8 Å². The van der Waals surface area contributed by atoms with E-state index in [9.17, 15) is 5.11 Å². The molecule has 0 radical (unpaired) electrons. The fraction of sp³-hybridized carbons (Fsp3) is 0.385. The van der Waals surface area contributed by atoms with E-state index in [1.807, 2.05) is 24.3 Å². The molecular weight excluding hydrogens is 202 g/mol. The second kappa shape index (κ2) is 6.89. The van der Waals surface area contributed by atoms with Crippen molar-refractivity contribution in [3.8, 4) is 17.6 Å². The van der Waals surface area contributed by atoms with Crippen LogP contribution >= 0.6 is 0 Å². The van der Waals surface area contributed by atoms with Gasteiger partial charge in [-0.1, -0.05) is 18.1 Å². The molecule has 0 fully saturated rings. The maximum absolute atomic E-state index is 9.83. The Morgan fingerprint density at radius 2 is 2.06 bits per heavy atom. The lowest BCUT2D eigenvalue weighted by molar-refractivity contribution is 0.176. The first-order valence-corrected chi connectivity index (χ1v) is 5.20. The molecule has 1 atom stereocenters. The molecule has 0 spiro atoms. The summed E-state index contributed by atoms with van der Waals surface area (Å²) in [6.07, 6.45) is -0.510. The molecule has 1 aromatic rings. The number of rotatable bonds is 5. The Labute approximate surface area is 96.4 Å². The van der Waals surface area contributed by atoms with Crippen LogP contribution < -0.4 is 10.1 Å². The number of aliphatic hydroxyl groups excluding tert-OH is 1. The van der Waals surface area contributed by atoms with E-state index in [4.69, 9.17) is 4.74 Å². The van der Waals surface area contributed by atoms with Gasteiger partial charge < -0.3 is 15.2 Å². The third-order valence-electron chi connectivity index (χ3n) is 2.23. The summed E-state index contributed by atoms with van der Waals surface area (Å²) < 4.78 is 5.05. The first-order chi connectivity index (χ1) is 7.77. The lowest BCUT2D eigenvalue weighted by Gasteiger charge is -2.11. The van der Waals surface area contributed by atoms with E-state index >= 15 is 0 Å². The zero-order valence-electron chi connectivity index (χ0n) is 9.66. The molecule has 1 aromatic carbocycles. The van der Waals surface area contributed by atoms with Gasteiger partial charge in [-0.3, -0.25) is 0 Å². The molecule has 1 unspecified atom stereocenters. The quantitative estimate of drug-likeness (QED) is 0.580. The number of hydrogen-bond donors (Lipinski definition) is 2. The van der Waals surface area contributed by atoms with Gasteiger partial charge in [-0.15, -0.1) is 5.92 Å². The molecule has 0 aliphatic heterocycles. The third-order valence-corrected chi connectivity index (χ3v) is 2.23. The highest BCUT2D eigenvalue weighted by Gasteiger charge is 2.06. The van der Waals surface area contributed by atoms with Crippen LogP contribution in [-0.4, -0.2) is 25.3 Å².